The lowest BCUT2D eigenvalue weighted by Crippen LogP contribution is -2.27. The highest BCUT2D eigenvalue weighted by Gasteiger charge is 2.19. The Morgan fingerprint density at radius 1 is 1.24 bits per heavy atom. The van der Waals surface area contributed by atoms with Crippen molar-refractivity contribution in [1.29, 1.82) is 0 Å². The largest absolute Gasteiger partial charge is 0.393 e. The Labute approximate surface area is 103 Å². The number of nitrogen functional groups attached to an aromatic ring is 1. The molecule has 17 heavy (non-hydrogen) atoms. The molecular weight excluding hydrogens is 214 g/mol. The van der Waals surface area contributed by atoms with Crippen molar-refractivity contribution in [2.75, 3.05) is 5.73 Å². The van der Waals surface area contributed by atoms with Gasteiger partial charge >= 0.3 is 0 Å². The lowest BCUT2D eigenvalue weighted by molar-refractivity contribution is 0.361. The summed E-state index contributed by atoms with van der Waals surface area (Å²) in [5.74, 6) is 0. The number of nitrogens with zero attached hydrogens (tertiary/aromatic N) is 2. The van der Waals surface area contributed by atoms with Gasteiger partial charge in [0.25, 0.3) is 5.56 Å². The molecule has 0 fully saturated rings. The van der Waals surface area contributed by atoms with E-state index in [0.29, 0.717) is 5.69 Å². The van der Waals surface area contributed by atoms with E-state index in [2.05, 4.69) is 32.4 Å². The lowest BCUT2D eigenvalue weighted by Gasteiger charge is -2.18. The minimum Gasteiger partial charge on any atom is -0.393 e. The first-order chi connectivity index (χ1) is 8.08. The molecular formula is C13H25N3O. The average Bonchev–Trinajstić information content (AvgIpc) is 2.54. The second-order valence-electron chi connectivity index (χ2n) is 4.64. The molecule has 1 rings (SSSR count). The average molecular weight is 239 g/mol. The zero-order valence-electron chi connectivity index (χ0n) is 11.5. The summed E-state index contributed by atoms with van der Waals surface area (Å²) in [5, 5.41) is 0. The van der Waals surface area contributed by atoms with Crippen LogP contribution in [0.2, 0.25) is 0 Å². The number of rotatable bonds is 6. The van der Waals surface area contributed by atoms with Gasteiger partial charge in [-0.15, -0.1) is 0 Å². The second-order valence-corrected chi connectivity index (χ2v) is 4.64. The molecule has 0 aromatic carbocycles. The third-order valence-electron chi connectivity index (χ3n) is 3.25. The monoisotopic (exact) mass is 239 g/mol. The maximum atomic E-state index is 12.2. The first kappa shape index (κ1) is 13.9. The van der Waals surface area contributed by atoms with Crippen molar-refractivity contribution in [3.8, 4) is 0 Å². The van der Waals surface area contributed by atoms with Crippen LogP contribution in [0.4, 0.5) is 5.69 Å². The van der Waals surface area contributed by atoms with E-state index in [0.717, 1.165) is 37.9 Å². The predicted octanol–water partition coefficient (Wildman–Crippen LogP) is 2.57. The van der Waals surface area contributed by atoms with Crippen LogP contribution in [-0.4, -0.2) is 9.36 Å². The molecule has 0 spiro atoms. The Morgan fingerprint density at radius 3 is 2.35 bits per heavy atom. The van der Waals surface area contributed by atoms with Crippen LogP contribution in [0.25, 0.3) is 0 Å². The van der Waals surface area contributed by atoms with E-state index in [1.54, 1.807) is 0 Å². The van der Waals surface area contributed by atoms with Gasteiger partial charge in [0.1, 0.15) is 5.69 Å². The molecule has 0 aliphatic heterocycles. The van der Waals surface area contributed by atoms with E-state index in [4.69, 9.17) is 5.73 Å². The van der Waals surface area contributed by atoms with Gasteiger partial charge in [0.05, 0.1) is 11.7 Å². The normalized spacial score (nSPS) is 12.9. The fourth-order valence-electron chi connectivity index (χ4n) is 2.19. The van der Waals surface area contributed by atoms with Gasteiger partial charge in [0.2, 0.25) is 0 Å². The summed E-state index contributed by atoms with van der Waals surface area (Å²) in [5.41, 5.74) is 7.40. The van der Waals surface area contributed by atoms with Crippen molar-refractivity contribution in [3.05, 3.63) is 16.0 Å². The Kier molecular flexibility index (Phi) is 4.85. The molecule has 1 aromatic heterocycles. The van der Waals surface area contributed by atoms with Crippen molar-refractivity contribution in [2.24, 2.45) is 0 Å². The van der Waals surface area contributed by atoms with Crippen molar-refractivity contribution in [1.82, 2.24) is 9.36 Å². The molecule has 1 unspecified atom stereocenters. The molecule has 1 atom stereocenters. The van der Waals surface area contributed by atoms with Crippen LogP contribution in [0.15, 0.2) is 4.79 Å². The van der Waals surface area contributed by atoms with Gasteiger partial charge in [0.15, 0.2) is 0 Å². The van der Waals surface area contributed by atoms with Crippen molar-refractivity contribution >= 4 is 5.69 Å². The van der Waals surface area contributed by atoms with Gasteiger partial charge < -0.3 is 5.73 Å². The molecule has 0 radical (unpaired) electrons. The summed E-state index contributed by atoms with van der Waals surface area (Å²) >= 11 is 0. The zero-order valence-corrected chi connectivity index (χ0v) is 11.5. The van der Waals surface area contributed by atoms with E-state index < -0.39 is 0 Å². The summed E-state index contributed by atoms with van der Waals surface area (Å²) < 4.78 is 3.93. The smallest absolute Gasteiger partial charge is 0.290 e. The zero-order chi connectivity index (χ0) is 13.0. The third kappa shape index (κ3) is 2.56. The molecule has 0 amide bonds. The van der Waals surface area contributed by atoms with Crippen LogP contribution in [0.1, 0.15) is 58.7 Å². The number of anilines is 1. The minimum absolute atomic E-state index is 0.0174. The topological polar surface area (TPSA) is 53.0 Å². The number of aromatic nitrogens is 2. The van der Waals surface area contributed by atoms with Crippen LogP contribution < -0.4 is 11.3 Å². The van der Waals surface area contributed by atoms with E-state index in [1.807, 2.05) is 4.68 Å². The van der Waals surface area contributed by atoms with Crippen LogP contribution in [0, 0.1) is 0 Å². The Hall–Kier alpha value is -1.19. The molecule has 1 heterocycles. The lowest BCUT2D eigenvalue weighted by atomic mass is 10.2. The molecule has 0 aliphatic rings. The highest BCUT2D eigenvalue weighted by Crippen LogP contribution is 2.17. The van der Waals surface area contributed by atoms with Crippen LogP contribution in [0.3, 0.4) is 0 Å². The Morgan fingerprint density at radius 2 is 1.88 bits per heavy atom. The molecule has 2 N–H and O–H groups in total. The number of hydrogen-bond donors (Lipinski definition) is 1. The van der Waals surface area contributed by atoms with Crippen LogP contribution in [0.5, 0.6) is 0 Å². The van der Waals surface area contributed by atoms with Crippen molar-refractivity contribution in [2.45, 2.75) is 66.0 Å². The summed E-state index contributed by atoms with van der Waals surface area (Å²) in [4.78, 5) is 12.2. The standard InChI is InChI=1S/C13H25N3O/c1-5-8-11-12(14)13(17)16(10(4)7-3)15(11)9-6-2/h10H,5-9,14H2,1-4H3. The molecule has 0 saturated carbocycles. The summed E-state index contributed by atoms with van der Waals surface area (Å²) in [7, 11) is 0. The third-order valence-corrected chi connectivity index (χ3v) is 3.25. The Bertz CT molecular complexity index is 417. The van der Waals surface area contributed by atoms with Crippen LogP contribution >= 0.6 is 0 Å². The van der Waals surface area contributed by atoms with Gasteiger partial charge in [0, 0.05) is 6.54 Å². The quantitative estimate of drug-likeness (QED) is 0.829. The fourth-order valence-corrected chi connectivity index (χ4v) is 2.19. The summed E-state index contributed by atoms with van der Waals surface area (Å²) in [6, 6.07) is 0.210. The molecule has 4 heteroatoms. The van der Waals surface area contributed by atoms with Crippen LogP contribution in [-0.2, 0) is 13.0 Å². The van der Waals surface area contributed by atoms with E-state index in [-0.39, 0.29) is 11.6 Å². The maximum Gasteiger partial charge on any atom is 0.290 e. The molecule has 0 saturated heterocycles. The maximum absolute atomic E-state index is 12.2. The number of nitrogens with two attached hydrogens (primary N) is 1. The fraction of sp³-hybridized carbons (Fsp3) is 0.769. The first-order valence-corrected chi connectivity index (χ1v) is 6.67. The van der Waals surface area contributed by atoms with E-state index >= 15 is 0 Å². The van der Waals surface area contributed by atoms with Crippen molar-refractivity contribution in [3.63, 3.8) is 0 Å². The van der Waals surface area contributed by atoms with Gasteiger partial charge in [-0.05, 0) is 26.2 Å². The van der Waals surface area contributed by atoms with Gasteiger partial charge in [-0.3, -0.25) is 9.48 Å². The SMILES string of the molecule is CCCc1c(N)c(=O)n(C(C)CC)n1CCC. The van der Waals surface area contributed by atoms with Gasteiger partial charge in [-0.25, -0.2) is 4.68 Å². The summed E-state index contributed by atoms with van der Waals surface area (Å²) in [6.45, 7) is 9.27. The molecule has 98 valence electrons. The van der Waals surface area contributed by atoms with E-state index in [1.165, 1.54) is 0 Å². The minimum atomic E-state index is -0.0174. The molecule has 0 aliphatic carbocycles. The molecule has 1 aromatic rings. The van der Waals surface area contributed by atoms with Crippen molar-refractivity contribution < 1.29 is 0 Å². The highest BCUT2D eigenvalue weighted by molar-refractivity contribution is 5.41. The van der Waals surface area contributed by atoms with E-state index in [9.17, 15) is 4.79 Å². The predicted molar refractivity (Wildman–Crippen MR) is 72.4 cm³/mol. The first-order valence-electron chi connectivity index (χ1n) is 6.67. The highest BCUT2D eigenvalue weighted by atomic mass is 16.1. The molecule has 0 bridgehead atoms. The molecule has 4 nitrogen and oxygen atoms in total. The van der Waals surface area contributed by atoms with Gasteiger partial charge in [-0.1, -0.05) is 27.2 Å². The number of hydrogen-bond acceptors (Lipinski definition) is 2. The Balaban J connectivity index is 3.36. The van der Waals surface area contributed by atoms with Gasteiger partial charge in [-0.2, -0.15) is 0 Å². The summed E-state index contributed by atoms with van der Waals surface area (Å²) in [6.07, 6.45) is 3.85. The second kappa shape index (κ2) is 5.94.